The van der Waals surface area contributed by atoms with Gasteiger partial charge in [0.05, 0.1) is 0 Å². The Morgan fingerprint density at radius 2 is 1.22 bits per heavy atom. The molecule has 6 heteroatoms. The van der Waals surface area contributed by atoms with Crippen LogP contribution in [0.3, 0.4) is 0 Å². The number of amides is 2. The van der Waals surface area contributed by atoms with Crippen molar-refractivity contribution in [3.8, 4) is 0 Å². The highest BCUT2D eigenvalue weighted by atomic mass is 16.2. The van der Waals surface area contributed by atoms with E-state index in [1.165, 1.54) is 0 Å². The van der Waals surface area contributed by atoms with E-state index in [4.69, 9.17) is 11.7 Å². The smallest absolute Gasteiger partial charge is 0.265 e. The second-order valence-corrected chi connectivity index (χ2v) is 7.59. The van der Waals surface area contributed by atoms with Gasteiger partial charge in [0.25, 0.3) is 11.8 Å². The van der Waals surface area contributed by atoms with Gasteiger partial charge in [0.15, 0.2) is 0 Å². The summed E-state index contributed by atoms with van der Waals surface area (Å²) in [4.78, 5) is 23.9. The third-order valence-corrected chi connectivity index (χ3v) is 5.91. The van der Waals surface area contributed by atoms with Gasteiger partial charge in [0, 0.05) is 16.5 Å². The molecular weight excluding hydrogens is 400 g/mol. The van der Waals surface area contributed by atoms with Crippen LogP contribution in [0.2, 0.25) is 0 Å². The minimum Gasteiger partial charge on any atom is -0.290 e. The zero-order chi connectivity index (χ0) is 22.6. The standard InChI is InChI=1S/C26H24N4O2/c27-29-24(31)19-9-13-21(14-10-19)26(22-15-11-20(12-16-22)25(32)30-28)17-5-4-8-23(26)18-6-2-1-3-7-18/h1-16H,17,27-28H2,(H,29,31)(H,30,32). The first kappa shape index (κ1) is 21.2. The van der Waals surface area contributed by atoms with Crippen LogP contribution in [0.5, 0.6) is 0 Å². The molecule has 0 unspecified atom stereocenters. The summed E-state index contributed by atoms with van der Waals surface area (Å²) in [7, 11) is 0. The molecule has 4 rings (SSSR count). The molecule has 2 amide bonds. The Bertz CT molecular complexity index is 1120. The van der Waals surface area contributed by atoms with Crippen LogP contribution in [0.4, 0.5) is 0 Å². The van der Waals surface area contributed by atoms with Crippen molar-refractivity contribution in [1.29, 1.82) is 0 Å². The summed E-state index contributed by atoms with van der Waals surface area (Å²) < 4.78 is 0. The van der Waals surface area contributed by atoms with Crippen LogP contribution in [0.25, 0.3) is 5.57 Å². The number of benzene rings is 3. The van der Waals surface area contributed by atoms with Gasteiger partial charge in [-0.1, -0.05) is 72.8 Å². The number of allylic oxidation sites excluding steroid dienone is 4. The number of rotatable bonds is 5. The maximum Gasteiger partial charge on any atom is 0.265 e. The summed E-state index contributed by atoms with van der Waals surface area (Å²) >= 11 is 0. The number of nitrogens with one attached hydrogen (secondary N) is 2. The fourth-order valence-corrected chi connectivity index (χ4v) is 4.31. The molecule has 0 spiro atoms. The lowest BCUT2D eigenvalue weighted by Crippen LogP contribution is -2.32. The van der Waals surface area contributed by atoms with Crippen molar-refractivity contribution in [2.24, 2.45) is 11.7 Å². The molecule has 0 fully saturated rings. The number of hydrogen-bond acceptors (Lipinski definition) is 4. The van der Waals surface area contributed by atoms with Gasteiger partial charge in [-0.05, 0) is 52.9 Å². The van der Waals surface area contributed by atoms with Gasteiger partial charge in [0.2, 0.25) is 0 Å². The van der Waals surface area contributed by atoms with Gasteiger partial charge in [0.1, 0.15) is 0 Å². The average molecular weight is 425 g/mol. The zero-order valence-electron chi connectivity index (χ0n) is 17.4. The molecule has 0 radical (unpaired) electrons. The first-order chi connectivity index (χ1) is 15.6. The van der Waals surface area contributed by atoms with Crippen LogP contribution in [-0.2, 0) is 5.41 Å². The summed E-state index contributed by atoms with van der Waals surface area (Å²) in [5, 5.41) is 0. The van der Waals surface area contributed by atoms with Gasteiger partial charge in [-0.3, -0.25) is 20.4 Å². The second-order valence-electron chi connectivity index (χ2n) is 7.59. The van der Waals surface area contributed by atoms with Crippen molar-refractivity contribution in [3.63, 3.8) is 0 Å². The van der Waals surface area contributed by atoms with Crippen LogP contribution in [0.15, 0.2) is 97.1 Å². The van der Waals surface area contributed by atoms with Crippen molar-refractivity contribution < 1.29 is 9.59 Å². The van der Waals surface area contributed by atoms with E-state index >= 15 is 0 Å². The fraction of sp³-hybridized carbons (Fsp3) is 0.0769. The zero-order valence-corrected chi connectivity index (χ0v) is 17.4. The number of hydrogen-bond donors (Lipinski definition) is 4. The lowest BCUT2D eigenvalue weighted by molar-refractivity contribution is 0.0945. The molecule has 0 heterocycles. The Kier molecular flexibility index (Phi) is 5.98. The van der Waals surface area contributed by atoms with Crippen molar-refractivity contribution in [1.82, 2.24) is 10.9 Å². The molecule has 0 saturated carbocycles. The monoisotopic (exact) mass is 424 g/mol. The lowest BCUT2D eigenvalue weighted by atomic mass is 9.63. The maximum absolute atomic E-state index is 12.0. The molecule has 0 aliphatic heterocycles. The first-order valence-electron chi connectivity index (χ1n) is 10.3. The summed E-state index contributed by atoms with van der Waals surface area (Å²) in [6.07, 6.45) is 7.04. The van der Waals surface area contributed by atoms with Crippen molar-refractivity contribution in [2.75, 3.05) is 0 Å². The highest BCUT2D eigenvalue weighted by Crippen LogP contribution is 2.48. The minimum absolute atomic E-state index is 0.342. The molecule has 0 atom stereocenters. The third kappa shape index (κ3) is 3.73. The average Bonchev–Trinajstić information content (AvgIpc) is 2.88. The number of hydrazine groups is 2. The van der Waals surface area contributed by atoms with E-state index in [2.05, 4.69) is 41.2 Å². The van der Waals surface area contributed by atoms with Crippen LogP contribution in [0.1, 0.15) is 43.8 Å². The summed E-state index contributed by atoms with van der Waals surface area (Å²) in [5.41, 5.74) is 9.09. The molecule has 32 heavy (non-hydrogen) atoms. The number of carbonyl (C=O) groups is 2. The molecule has 3 aromatic carbocycles. The SMILES string of the molecule is NNC(=O)c1ccc(C2(c3ccc(C(=O)NN)cc3)CC=CC=C2c2ccccc2)cc1. The second kappa shape index (κ2) is 9.01. The van der Waals surface area contributed by atoms with Gasteiger partial charge >= 0.3 is 0 Å². The van der Waals surface area contributed by atoms with Gasteiger partial charge in [-0.15, -0.1) is 0 Å². The number of nitrogens with two attached hydrogens (primary N) is 2. The number of carbonyl (C=O) groups excluding carboxylic acids is 2. The van der Waals surface area contributed by atoms with Gasteiger partial charge in [-0.25, -0.2) is 11.7 Å². The Morgan fingerprint density at radius 1 is 0.719 bits per heavy atom. The molecular formula is C26H24N4O2. The Morgan fingerprint density at radius 3 is 1.69 bits per heavy atom. The predicted molar refractivity (Wildman–Crippen MR) is 125 cm³/mol. The maximum atomic E-state index is 12.0. The summed E-state index contributed by atoms with van der Waals surface area (Å²) in [5.74, 6) is 9.90. The largest absolute Gasteiger partial charge is 0.290 e. The number of nitrogen functional groups attached to an aromatic ring is 2. The van der Waals surface area contributed by atoms with E-state index in [0.29, 0.717) is 11.1 Å². The topological polar surface area (TPSA) is 110 Å². The molecule has 0 bridgehead atoms. The van der Waals surface area contributed by atoms with E-state index in [1.54, 1.807) is 24.3 Å². The highest BCUT2D eigenvalue weighted by molar-refractivity contribution is 5.95. The molecule has 160 valence electrons. The predicted octanol–water partition coefficient (Wildman–Crippen LogP) is 3.22. The first-order valence-corrected chi connectivity index (χ1v) is 10.3. The Labute approximate surface area is 186 Å². The highest BCUT2D eigenvalue weighted by Gasteiger charge is 2.39. The van der Waals surface area contributed by atoms with Crippen molar-refractivity contribution in [2.45, 2.75) is 11.8 Å². The Hall–Kier alpha value is -4.00. The van der Waals surface area contributed by atoms with Crippen LogP contribution >= 0.6 is 0 Å². The summed E-state index contributed by atoms with van der Waals surface area (Å²) in [6, 6.07) is 25.1. The molecule has 0 aromatic heterocycles. The van der Waals surface area contributed by atoms with Gasteiger partial charge in [-0.2, -0.15) is 0 Å². The van der Waals surface area contributed by atoms with Crippen LogP contribution in [-0.4, -0.2) is 11.8 Å². The van der Waals surface area contributed by atoms with Gasteiger partial charge < -0.3 is 0 Å². The molecule has 3 aromatic rings. The summed E-state index contributed by atoms with van der Waals surface area (Å²) in [6.45, 7) is 0. The molecule has 1 aliphatic rings. The molecule has 0 saturated heterocycles. The molecule has 6 nitrogen and oxygen atoms in total. The van der Waals surface area contributed by atoms with E-state index < -0.39 is 5.41 Å². The van der Waals surface area contributed by atoms with Crippen molar-refractivity contribution >= 4 is 17.4 Å². The quantitative estimate of drug-likeness (QED) is 0.286. The minimum atomic E-state index is -0.508. The Balaban J connectivity index is 1.91. The van der Waals surface area contributed by atoms with E-state index in [1.807, 2.05) is 42.5 Å². The molecule has 1 aliphatic carbocycles. The van der Waals surface area contributed by atoms with Crippen molar-refractivity contribution in [3.05, 3.63) is 125 Å². The molecule has 6 N–H and O–H groups in total. The fourth-order valence-electron chi connectivity index (χ4n) is 4.31. The van der Waals surface area contributed by atoms with E-state index in [-0.39, 0.29) is 11.8 Å². The third-order valence-electron chi connectivity index (χ3n) is 5.91. The van der Waals surface area contributed by atoms with Crippen LogP contribution in [0, 0.1) is 0 Å². The van der Waals surface area contributed by atoms with E-state index in [0.717, 1.165) is 28.7 Å². The van der Waals surface area contributed by atoms with E-state index in [9.17, 15) is 9.59 Å². The lowest BCUT2D eigenvalue weighted by Gasteiger charge is -2.39. The van der Waals surface area contributed by atoms with Crippen LogP contribution < -0.4 is 22.5 Å². The normalized spacial score (nSPS) is 14.4.